The first-order valence-electron chi connectivity index (χ1n) is 6.56. The van der Waals surface area contributed by atoms with Gasteiger partial charge in [0.2, 0.25) is 0 Å². The molecular formula is C14H29. The molecule has 0 aliphatic heterocycles. The third kappa shape index (κ3) is 12.0. The summed E-state index contributed by atoms with van der Waals surface area (Å²) in [6, 6.07) is 0. The third-order valence-corrected chi connectivity index (χ3v) is 2.78. The van der Waals surface area contributed by atoms with Crippen molar-refractivity contribution in [2.45, 2.75) is 78.1 Å². The third-order valence-electron chi connectivity index (χ3n) is 2.78. The van der Waals surface area contributed by atoms with Crippen LogP contribution in [0, 0.1) is 12.8 Å². The van der Waals surface area contributed by atoms with Gasteiger partial charge in [-0.1, -0.05) is 85.0 Å². The Hall–Kier alpha value is 0. The predicted octanol–water partition coefficient (Wildman–Crippen LogP) is 5.38. The smallest absolute Gasteiger partial charge is 0.0471 e. The lowest BCUT2D eigenvalue weighted by Crippen LogP contribution is -1.87. The van der Waals surface area contributed by atoms with E-state index in [0.29, 0.717) is 0 Å². The van der Waals surface area contributed by atoms with Crippen LogP contribution in [0.3, 0.4) is 0 Å². The average Bonchev–Trinajstić information content (AvgIpc) is 2.15. The molecule has 0 heterocycles. The van der Waals surface area contributed by atoms with Crippen molar-refractivity contribution < 1.29 is 0 Å². The summed E-state index contributed by atoms with van der Waals surface area (Å²) in [5.74, 6) is 0.895. The van der Waals surface area contributed by atoms with Crippen LogP contribution in [0.1, 0.15) is 78.1 Å². The van der Waals surface area contributed by atoms with Crippen LogP contribution in [0.25, 0.3) is 0 Å². The van der Waals surface area contributed by atoms with Gasteiger partial charge in [-0.3, -0.25) is 0 Å². The van der Waals surface area contributed by atoms with Gasteiger partial charge in [-0.15, -0.1) is 0 Å². The molecule has 0 spiro atoms. The fraction of sp³-hybridized carbons (Fsp3) is 0.929. The zero-order valence-electron chi connectivity index (χ0n) is 10.4. The van der Waals surface area contributed by atoms with Gasteiger partial charge < -0.3 is 0 Å². The summed E-state index contributed by atoms with van der Waals surface area (Å²) < 4.78 is 0. The molecule has 0 N–H and O–H groups in total. The molecule has 0 aliphatic carbocycles. The van der Waals surface area contributed by atoms with E-state index in [1.807, 2.05) is 0 Å². The molecule has 0 fully saturated rings. The fourth-order valence-corrected chi connectivity index (χ4v) is 1.79. The Balaban J connectivity index is 2.85. The molecule has 0 saturated heterocycles. The maximum absolute atomic E-state index is 3.86. The SMILES string of the molecule is [CH2]CCCCCCCCCCC(C)C. The summed E-state index contributed by atoms with van der Waals surface area (Å²) in [7, 11) is 0. The van der Waals surface area contributed by atoms with E-state index in [2.05, 4.69) is 20.8 Å². The van der Waals surface area contributed by atoms with E-state index in [1.54, 1.807) is 0 Å². The Labute approximate surface area is 91.5 Å². The van der Waals surface area contributed by atoms with E-state index in [0.717, 1.165) is 12.3 Å². The number of unbranched alkanes of at least 4 members (excludes halogenated alkanes) is 8. The molecule has 0 nitrogen and oxygen atoms in total. The first-order chi connectivity index (χ1) is 6.77. The van der Waals surface area contributed by atoms with Crippen molar-refractivity contribution in [1.82, 2.24) is 0 Å². The Morgan fingerprint density at radius 2 is 1.14 bits per heavy atom. The Bertz CT molecular complexity index is 94.2. The molecule has 85 valence electrons. The predicted molar refractivity (Wildman–Crippen MR) is 66.4 cm³/mol. The lowest BCUT2D eigenvalue weighted by molar-refractivity contribution is 0.507. The van der Waals surface area contributed by atoms with E-state index in [4.69, 9.17) is 0 Å². The lowest BCUT2D eigenvalue weighted by atomic mass is 10.0. The second-order valence-electron chi connectivity index (χ2n) is 4.86. The summed E-state index contributed by atoms with van der Waals surface area (Å²) in [4.78, 5) is 0. The quantitative estimate of drug-likeness (QED) is 0.413. The van der Waals surface area contributed by atoms with Crippen molar-refractivity contribution in [3.63, 3.8) is 0 Å². The topological polar surface area (TPSA) is 0 Å². The van der Waals surface area contributed by atoms with Gasteiger partial charge in [-0.25, -0.2) is 0 Å². The first kappa shape index (κ1) is 14.0. The second kappa shape index (κ2) is 11.1. The van der Waals surface area contributed by atoms with Crippen molar-refractivity contribution in [2.24, 2.45) is 5.92 Å². The highest BCUT2D eigenvalue weighted by Crippen LogP contribution is 2.12. The van der Waals surface area contributed by atoms with Gasteiger partial charge in [-0.2, -0.15) is 0 Å². The average molecular weight is 197 g/mol. The normalized spacial score (nSPS) is 11.1. The van der Waals surface area contributed by atoms with E-state index in [-0.39, 0.29) is 0 Å². The van der Waals surface area contributed by atoms with Gasteiger partial charge >= 0.3 is 0 Å². The molecule has 0 saturated carbocycles. The second-order valence-corrected chi connectivity index (χ2v) is 4.86. The molecule has 0 aromatic heterocycles. The van der Waals surface area contributed by atoms with Crippen molar-refractivity contribution >= 4 is 0 Å². The summed E-state index contributed by atoms with van der Waals surface area (Å²) >= 11 is 0. The highest BCUT2D eigenvalue weighted by molar-refractivity contribution is 4.50. The number of rotatable bonds is 10. The van der Waals surface area contributed by atoms with Crippen molar-refractivity contribution in [1.29, 1.82) is 0 Å². The zero-order chi connectivity index (χ0) is 10.6. The Morgan fingerprint density at radius 1 is 0.714 bits per heavy atom. The molecule has 0 bridgehead atoms. The van der Waals surface area contributed by atoms with Gasteiger partial charge in [0.25, 0.3) is 0 Å². The summed E-state index contributed by atoms with van der Waals surface area (Å²) in [6.07, 6.45) is 13.9. The van der Waals surface area contributed by atoms with Gasteiger partial charge in [-0.05, 0) is 5.92 Å². The Kier molecular flexibility index (Phi) is 11.1. The van der Waals surface area contributed by atoms with E-state index < -0.39 is 0 Å². The molecule has 0 aromatic rings. The van der Waals surface area contributed by atoms with Gasteiger partial charge in [0, 0.05) is 0 Å². The molecular weight excluding hydrogens is 168 g/mol. The lowest BCUT2D eigenvalue weighted by Gasteiger charge is -2.04. The van der Waals surface area contributed by atoms with Crippen molar-refractivity contribution in [3.8, 4) is 0 Å². The monoisotopic (exact) mass is 197 g/mol. The standard InChI is InChI=1S/C14H29/c1-4-5-6-7-8-9-10-11-12-13-14(2)3/h14H,1,4-13H2,2-3H3. The number of hydrogen-bond acceptors (Lipinski definition) is 0. The molecule has 0 atom stereocenters. The van der Waals surface area contributed by atoms with Crippen LogP contribution < -0.4 is 0 Å². The summed E-state index contributed by atoms with van der Waals surface area (Å²) in [5, 5.41) is 0. The summed E-state index contributed by atoms with van der Waals surface area (Å²) in [6.45, 7) is 8.50. The largest absolute Gasteiger partial charge is 0.0628 e. The molecule has 0 rings (SSSR count). The number of hydrogen-bond donors (Lipinski definition) is 0. The minimum Gasteiger partial charge on any atom is -0.0628 e. The highest BCUT2D eigenvalue weighted by atomic mass is 14.0. The van der Waals surface area contributed by atoms with Gasteiger partial charge in [0.1, 0.15) is 0 Å². The van der Waals surface area contributed by atoms with Crippen molar-refractivity contribution in [2.75, 3.05) is 0 Å². The molecule has 0 aromatic carbocycles. The van der Waals surface area contributed by atoms with E-state index >= 15 is 0 Å². The van der Waals surface area contributed by atoms with Crippen LogP contribution in [-0.2, 0) is 0 Å². The van der Waals surface area contributed by atoms with E-state index in [1.165, 1.54) is 57.8 Å². The van der Waals surface area contributed by atoms with Crippen LogP contribution >= 0.6 is 0 Å². The molecule has 0 unspecified atom stereocenters. The van der Waals surface area contributed by atoms with Gasteiger partial charge in [0.05, 0.1) is 0 Å². The maximum atomic E-state index is 3.86. The van der Waals surface area contributed by atoms with Crippen LogP contribution in [0.5, 0.6) is 0 Å². The van der Waals surface area contributed by atoms with E-state index in [9.17, 15) is 0 Å². The minimum atomic E-state index is 0.895. The highest BCUT2D eigenvalue weighted by Gasteiger charge is 1.94. The van der Waals surface area contributed by atoms with Crippen LogP contribution in [0.2, 0.25) is 0 Å². The Morgan fingerprint density at radius 3 is 1.57 bits per heavy atom. The maximum Gasteiger partial charge on any atom is -0.0471 e. The molecule has 1 radical (unpaired) electrons. The summed E-state index contributed by atoms with van der Waals surface area (Å²) in [5.41, 5.74) is 0. The molecule has 0 aliphatic rings. The minimum absolute atomic E-state index is 0.895. The van der Waals surface area contributed by atoms with Crippen LogP contribution in [-0.4, -0.2) is 0 Å². The van der Waals surface area contributed by atoms with Crippen LogP contribution in [0.15, 0.2) is 0 Å². The zero-order valence-corrected chi connectivity index (χ0v) is 10.4. The van der Waals surface area contributed by atoms with Crippen LogP contribution in [0.4, 0.5) is 0 Å². The van der Waals surface area contributed by atoms with Gasteiger partial charge in [0.15, 0.2) is 0 Å². The molecule has 0 amide bonds. The molecule has 0 heteroatoms. The first-order valence-corrected chi connectivity index (χ1v) is 6.56. The fourth-order valence-electron chi connectivity index (χ4n) is 1.79. The molecule has 14 heavy (non-hydrogen) atoms. The van der Waals surface area contributed by atoms with Crippen molar-refractivity contribution in [3.05, 3.63) is 6.92 Å².